The third-order valence-corrected chi connectivity index (χ3v) is 11.4. The minimum atomic E-state index is 1.12. The van der Waals surface area contributed by atoms with Gasteiger partial charge in [-0.3, -0.25) is 0 Å². The van der Waals surface area contributed by atoms with Gasteiger partial charge in [0.2, 0.25) is 0 Å². The Morgan fingerprint density at radius 2 is 0.586 bits per heavy atom. The van der Waals surface area contributed by atoms with E-state index in [0.29, 0.717) is 0 Å². The maximum absolute atomic E-state index is 2.41. The number of anilines is 6. The molecule has 2 nitrogen and oxygen atoms in total. The molecule has 0 aromatic heterocycles. The second-order valence-corrected chi connectivity index (χ2v) is 15.1. The molecule has 10 rings (SSSR count). The summed E-state index contributed by atoms with van der Waals surface area (Å²) >= 11 is 0. The van der Waals surface area contributed by atoms with Gasteiger partial charge in [0.15, 0.2) is 0 Å². The number of para-hydroxylation sites is 2. The monoisotopic (exact) mass is 742 g/mol. The topological polar surface area (TPSA) is 6.48 Å². The fourth-order valence-electron chi connectivity index (χ4n) is 8.45. The maximum atomic E-state index is 2.41. The van der Waals surface area contributed by atoms with Gasteiger partial charge in [-0.15, -0.1) is 0 Å². The summed E-state index contributed by atoms with van der Waals surface area (Å²) < 4.78 is 0. The van der Waals surface area contributed by atoms with E-state index in [-0.39, 0.29) is 0 Å². The Morgan fingerprint density at radius 1 is 0.241 bits per heavy atom. The molecular formula is C56H42N2. The van der Waals surface area contributed by atoms with Crippen LogP contribution >= 0.6 is 0 Å². The lowest BCUT2D eigenvalue weighted by atomic mass is 9.89. The van der Waals surface area contributed by atoms with Crippen molar-refractivity contribution in [2.45, 2.75) is 13.8 Å². The van der Waals surface area contributed by atoms with Crippen molar-refractivity contribution in [1.82, 2.24) is 0 Å². The molecule has 0 fully saturated rings. The standard InChI is InChI=1S/C56H42N2/c1-39-20-28-45(29-21-39)57(43-12-5-3-6-13-43)47-32-24-41(25-33-47)49-18-11-19-52-53(49)36-37-54-50-16-9-10-17-51(50)55(38-56(52)54)42-26-34-48(35-27-42)58(44-14-7-4-8-15-44)46-30-22-40(2)23-31-46/h3-38H,1-2H3. The van der Waals surface area contributed by atoms with Crippen LogP contribution in [0.2, 0.25) is 0 Å². The van der Waals surface area contributed by atoms with E-state index in [0.717, 1.165) is 34.1 Å². The van der Waals surface area contributed by atoms with E-state index in [4.69, 9.17) is 0 Å². The molecule has 0 amide bonds. The fourth-order valence-corrected chi connectivity index (χ4v) is 8.45. The van der Waals surface area contributed by atoms with Gasteiger partial charge in [0.25, 0.3) is 0 Å². The van der Waals surface area contributed by atoms with Gasteiger partial charge < -0.3 is 9.80 Å². The normalized spacial score (nSPS) is 11.3. The molecule has 0 unspecified atom stereocenters. The lowest BCUT2D eigenvalue weighted by Gasteiger charge is -2.26. The molecule has 0 aliphatic carbocycles. The van der Waals surface area contributed by atoms with Crippen LogP contribution < -0.4 is 9.80 Å². The van der Waals surface area contributed by atoms with E-state index in [1.165, 1.54) is 65.7 Å². The van der Waals surface area contributed by atoms with Crippen LogP contribution in [0.5, 0.6) is 0 Å². The van der Waals surface area contributed by atoms with Crippen LogP contribution in [0.25, 0.3) is 54.6 Å². The summed E-state index contributed by atoms with van der Waals surface area (Å²) in [7, 11) is 0. The minimum absolute atomic E-state index is 1.12. The molecule has 10 aromatic carbocycles. The van der Waals surface area contributed by atoms with Crippen LogP contribution in [0.1, 0.15) is 11.1 Å². The van der Waals surface area contributed by atoms with Crippen LogP contribution in [-0.2, 0) is 0 Å². The number of aryl methyl sites for hydroxylation is 2. The van der Waals surface area contributed by atoms with E-state index < -0.39 is 0 Å². The molecule has 0 bridgehead atoms. The van der Waals surface area contributed by atoms with Crippen LogP contribution in [0, 0.1) is 13.8 Å². The van der Waals surface area contributed by atoms with Crippen molar-refractivity contribution in [3.8, 4) is 22.3 Å². The smallest absolute Gasteiger partial charge is 0.0462 e. The number of hydrogen-bond donors (Lipinski definition) is 0. The van der Waals surface area contributed by atoms with Gasteiger partial charge in [0, 0.05) is 34.1 Å². The molecule has 0 radical (unpaired) electrons. The Morgan fingerprint density at radius 3 is 1.10 bits per heavy atom. The highest BCUT2D eigenvalue weighted by Crippen LogP contribution is 2.42. The summed E-state index contributed by atoms with van der Waals surface area (Å²) in [6, 6.07) is 79.4. The number of nitrogens with zero attached hydrogens (tertiary/aromatic N) is 2. The van der Waals surface area contributed by atoms with Gasteiger partial charge in [-0.2, -0.15) is 0 Å². The summed E-state index contributed by atoms with van der Waals surface area (Å²) in [6.45, 7) is 4.26. The molecule has 0 saturated carbocycles. The predicted molar refractivity (Wildman–Crippen MR) is 249 cm³/mol. The van der Waals surface area contributed by atoms with Gasteiger partial charge in [-0.1, -0.05) is 151 Å². The number of fused-ring (bicyclic) bond motifs is 5. The number of hydrogen-bond acceptors (Lipinski definition) is 2. The van der Waals surface area contributed by atoms with Crippen molar-refractivity contribution in [2.75, 3.05) is 9.80 Å². The van der Waals surface area contributed by atoms with Crippen molar-refractivity contribution in [1.29, 1.82) is 0 Å². The third-order valence-electron chi connectivity index (χ3n) is 11.4. The largest absolute Gasteiger partial charge is 0.311 e. The van der Waals surface area contributed by atoms with Gasteiger partial charge in [-0.05, 0) is 147 Å². The zero-order valence-corrected chi connectivity index (χ0v) is 32.7. The molecule has 0 aliphatic heterocycles. The molecule has 0 atom stereocenters. The average molecular weight is 743 g/mol. The molecule has 0 heterocycles. The zero-order valence-electron chi connectivity index (χ0n) is 32.7. The van der Waals surface area contributed by atoms with Crippen LogP contribution in [-0.4, -0.2) is 0 Å². The first-order chi connectivity index (χ1) is 28.6. The molecule has 58 heavy (non-hydrogen) atoms. The molecule has 10 aromatic rings. The molecule has 0 saturated heterocycles. The van der Waals surface area contributed by atoms with Crippen molar-refractivity contribution < 1.29 is 0 Å². The Labute approximate surface area is 340 Å². The highest BCUT2D eigenvalue weighted by Gasteiger charge is 2.17. The van der Waals surface area contributed by atoms with Crippen LogP contribution in [0.15, 0.2) is 218 Å². The van der Waals surface area contributed by atoms with Crippen LogP contribution in [0.3, 0.4) is 0 Å². The second-order valence-electron chi connectivity index (χ2n) is 15.1. The minimum Gasteiger partial charge on any atom is -0.311 e. The first-order valence-electron chi connectivity index (χ1n) is 20.0. The average Bonchev–Trinajstić information content (AvgIpc) is 3.28. The molecule has 2 heteroatoms. The first-order valence-corrected chi connectivity index (χ1v) is 20.0. The number of rotatable bonds is 8. The SMILES string of the molecule is Cc1ccc(N(c2ccccc2)c2ccc(-c3cc4c5cccc(-c6ccc(N(c7ccccc7)c7ccc(C)cc7)cc6)c5ccc4c4ccccc34)cc2)cc1. The molecule has 0 aliphatic rings. The van der Waals surface area contributed by atoms with Gasteiger partial charge in [0.1, 0.15) is 0 Å². The van der Waals surface area contributed by atoms with E-state index in [1.54, 1.807) is 0 Å². The number of benzene rings is 10. The van der Waals surface area contributed by atoms with E-state index in [1.807, 2.05) is 0 Å². The molecule has 276 valence electrons. The van der Waals surface area contributed by atoms with Crippen molar-refractivity contribution in [3.05, 3.63) is 230 Å². The lowest BCUT2D eigenvalue weighted by molar-refractivity contribution is 1.28. The van der Waals surface area contributed by atoms with Gasteiger partial charge >= 0.3 is 0 Å². The molecule has 0 spiro atoms. The second kappa shape index (κ2) is 14.9. The van der Waals surface area contributed by atoms with Crippen molar-refractivity contribution in [2.24, 2.45) is 0 Å². The van der Waals surface area contributed by atoms with E-state index in [2.05, 4.69) is 242 Å². The summed E-state index contributed by atoms with van der Waals surface area (Å²) in [5.74, 6) is 0. The van der Waals surface area contributed by atoms with E-state index in [9.17, 15) is 0 Å². The Balaban J connectivity index is 1.06. The maximum Gasteiger partial charge on any atom is 0.0462 e. The summed E-state index contributed by atoms with van der Waals surface area (Å²) in [5.41, 5.74) is 14.1. The molecule has 0 N–H and O–H groups in total. The summed E-state index contributed by atoms with van der Waals surface area (Å²) in [6.07, 6.45) is 0. The van der Waals surface area contributed by atoms with Crippen LogP contribution in [0.4, 0.5) is 34.1 Å². The summed E-state index contributed by atoms with van der Waals surface area (Å²) in [5, 5.41) is 7.54. The highest BCUT2D eigenvalue weighted by molar-refractivity contribution is 6.22. The Kier molecular flexibility index (Phi) is 9.01. The van der Waals surface area contributed by atoms with Crippen molar-refractivity contribution in [3.63, 3.8) is 0 Å². The Bertz CT molecular complexity index is 3020. The van der Waals surface area contributed by atoms with E-state index >= 15 is 0 Å². The summed E-state index contributed by atoms with van der Waals surface area (Å²) in [4.78, 5) is 4.64. The third kappa shape index (κ3) is 6.45. The highest BCUT2D eigenvalue weighted by atomic mass is 15.1. The Hall–Kier alpha value is -7.42. The zero-order chi connectivity index (χ0) is 39.0. The first kappa shape index (κ1) is 35.0. The van der Waals surface area contributed by atoms with Crippen molar-refractivity contribution >= 4 is 66.4 Å². The lowest BCUT2D eigenvalue weighted by Crippen LogP contribution is -2.09. The fraction of sp³-hybridized carbons (Fsp3) is 0.0357. The van der Waals surface area contributed by atoms with Gasteiger partial charge in [-0.25, -0.2) is 0 Å². The predicted octanol–water partition coefficient (Wildman–Crippen LogP) is 16.0. The van der Waals surface area contributed by atoms with Gasteiger partial charge in [0.05, 0.1) is 0 Å². The quantitative estimate of drug-likeness (QED) is 0.143. The molecular weight excluding hydrogens is 701 g/mol.